The Morgan fingerprint density at radius 1 is 1.38 bits per heavy atom. The molecule has 8 heteroatoms. The molecule has 0 saturated heterocycles. The highest BCUT2D eigenvalue weighted by Gasteiger charge is 2.27. The van der Waals surface area contributed by atoms with E-state index in [2.05, 4.69) is 9.97 Å². The molecule has 3 heterocycles. The van der Waals surface area contributed by atoms with Crippen molar-refractivity contribution in [2.45, 2.75) is 13.0 Å². The standard InChI is InChI=1S/C18H16N4O4/c1-26-18(23)11-4-5-14-12(9-11)13-10-21(8-6-15(13)20-14)17-16(22(24)25)3-2-7-19-17/h2-5,7,9,20H,6,8,10H2,1H3. The van der Waals surface area contributed by atoms with Gasteiger partial charge in [-0.05, 0) is 24.3 Å². The van der Waals surface area contributed by atoms with Crippen LogP contribution >= 0.6 is 0 Å². The van der Waals surface area contributed by atoms with E-state index in [1.54, 1.807) is 24.4 Å². The molecular weight excluding hydrogens is 336 g/mol. The van der Waals surface area contributed by atoms with Crippen LogP contribution in [0.5, 0.6) is 0 Å². The lowest BCUT2D eigenvalue weighted by molar-refractivity contribution is -0.384. The lowest BCUT2D eigenvalue weighted by atomic mass is 10.0. The molecule has 0 spiro atoms. The van der Waals surface area contributed by atoms with Crippen LogP contribution in [0, 0.1) is 10.1 Å². The highest BCUT2D eigenvalue weighted by atomic mass is 16.6. The normalized spacial score (nSPS) is 13.5. The summed E-state index contributed by atoms with van der Waals surface area (Å²) in [6.45, 7) is 1.11. The number of ether oxygens (including phenoxy) is 1. The maximum absolute atomic E-state index is 11.8. The van der Waals surface area contributed by atoms with Crippen molar-refractivity contribution in [3.8, 4) is 0 Å². The molecule has 0 unspecified atom stereocenters. The van der Waals surface area contributed by atoms with Gasteiger partial charge >= 0.3 is 11.7 Å². The van der Waals surface area contributed by atoms with E-state index in [0.717, 1.165) is 22.2 Å². The second kappa shape index (κ2) is 6.14. The fourth-order valence-electron chi connectivity index (χ4n) is 3.41. The second-order valence-corrected chi connectivity index (χ2v) is 6.11. The molecule has 0 fully saturated rings. The van der Waals surface area contributed by atoms with Crippen molar-refractivity contribution in [3.63, 3.8) is 0 Å². The first kappa shape index (κ1) is 16.1. The maximum atomic E-state index is 11.8. The molecule has 4 rings (SSSR count). The van der Waals surface area contributed by atoms with E-state index < -0.39 is 10.9 Å². The van der Waals surface area contributed by atoms with E-state index in [9.17, 15) is 14.9 Å². The monoisotopic (exact) mass is 352 g/mol. The van der Waals surface area contributed by atoms with Crippen LogP contribution in [0.1, 0.15) is 21.6 Å². The minimum absolute atomic E-state index is 0.00830. The number of H-pyrrole nitrogens is 1. The number of aromatic amines is 1. The summed E-state index contributed by atoms with van der Waals surface area (Å²) in [7, 11) is 1.35. The smallest absolute Gasteiger partial charge is 0.337 e. The summed E-state index contributed by atoms with van der Waals surface area (Å²) in [5, 5.41) is 12.2. The summed E-state index contributed by atoms with van der Waals surface area (Å²) in [5.74, 6) is -0.0310. The van der Waals surface area contributed by atoms with Crippen LogP contribution in [0.4, 0.5) is 11.5 Å². The summed E-state index contributed by atoms with van der Waals surface area (Å²) in [5.41, 5.74) is 3.50. The summed E-state index contributed by atoms with van der Waals surface area (Å²) in [4.78, 5) is 32.2. The van der Waals surface area contributed by atoms with Gasteiger partial charge in [-0.3, -0.25) is 10.1 Å². The molecular formula is C18H16N4O4. The highest BCUT2D eigenvalue weighted by molar-refractivity contribution is 5.96. The number of hydrogen-bond acceptors (Lipinski definition) is 6. The summed E-state index contributed by atoms with van der Waals surface area (Å²) in [6, 6.07) is 8.39. The van der Waals surface area contributed by atoms with E-state index in [1.807, 2.05) is 11.0 Å². The molecule has 8 nitrogen and oxygen atoms in total. The molecule has 2 aromatic heterocycles. The van der Waals surface area contributed by atoms with Crippen LogP contribution in [-0.2, 0) is 17.7 Å². The van der Waals surface area contributed by atoms with Crippen LogP contribution in [0.3, 0.4) is 0 Å². The zero-order valence-corrected chi connectivity index (χ0v) is 14.1. The maximum Gasteiger partial charge on any atom is 0.337 e. The van der Waals surface area contributed by atoms with Crippen LogP contribution in [0.2, 0.25) is 0 Å². The van der Waals surface area contributed by atoms with Gasteiger partial charge in [0.1, 0.15) is 0 Å². The number of rotatable bonds is 3. The van der Waals surface area contributed by atoms with E-state index in [4.69, 9.17) is 4.74 Å². The molecule has 1 aliphatic heterocycles. The quantitative estimate of drug-likeness (QED) is 0.442. The topological polar surface area (TPSA) is 101 Å². The van der Waals surface area contributed by atoms with Crippen molar-refractivity contribution in [3.05, 3.63) is 63.5 Å². The molecule has 132 valence electrons. The van der Waals surface area contributed by atoms with Gasteiger partial charge in [0, 0.05) is 53.9 Å². The molecule has 3 aromatic rings. The first-order valence-electron chi connectivity index (χ1n) is 8.14. The van der Waals surface area contributed by atoms with Crippen molar-refractivity contribution < 1.29 is 14.5 Å². The van der Waals surface area contributed by atoms with Gasteiger partial charge in [-0.1, -0.05) is 0 Å². The Bertz CT molecular complexity index is 1030. The Kier molecular flexibility index (Phi) is 3.80. The van der Waals surface area contributed by atoms with Gasteiger partial charge in [0.2, 0.25) is 5.82 Å². The number of anilines is 1. The Labute approximate surface area is 148 Å². The fraction of sp³-hybridized carbons (Fsp3) is 0.222. The zero-order chi connectivity index (χ0) is 18.3. The number of carbonyl (C=O) groups excluding carboxylic acids is 1. The Hall–Kier alpha value is -3.42. The predicted molar refractivity (Wildman–Crippen MR) is 95.3 cm³/mol. The van der Waals surface area contributed by atoms with E-state index in [1.165, 1.54) is 13.2 Å². The molecule has 0 saturated carbocycles. The van der Waals surface area contributed by atoms with Crippen molar-refractivity contribution in [2.75, 3.05) is 18.6 Å². The first-order chi connectivity index (χ1) is 12.6. The number of esters is 1. The number of fused-ring (bicyclic) bond motifs is 3. The van der Waals surface area contributed by atoms with E-state index >= 15 is 0 Å². The van der Waals surface area contributed by atoms with Crippen molar-refractivity contribution in [1.29, 1.82) is 0 Å². The lowest BCUT2D eigenvalue weighted by Gasteiger charge is -2.27. The Morgan fingerprint density at radius 2 is 2.23 bits per heavy atom. The molecule has 0 amide bonds. The van der Waals surface area contributed by atoms with E-state index in [-0.39, 0.29) is 5.69 Å². The lowest BCUT2D eigenvalue weighted by Crippen LogP contribution is -2.31. The summed E-state index contributed by atoms with van der Waals surface area (Å²) < 4.78 is 4.79. The van der Waals surface area contributed by atoms with Crippen molar-refractivity contribution in [1.82, 2.24) is 9.97 Å². The number of aromatic nitrogens is 2. The van der Waals surface area contributed by atoms with Gasteiger partial charge in [-0.15, -0.1) is 0 Å². The van der Waals surface area contributed by atoms with Crippen LogP contribution in [0.25, 0.3) is 10.9 Å². The Morgan fingerprint density at radius 3 is 3.00 bits per heavy atom. The molecule has 0 aliphatic carbocycles. The fourth-order valence-corrected chi connectivity index (χ4v) is 3.41. The van der Waals surface area contributed by atoms with Crippen molar-refractivity contribution in [2.24, 2.45) is 0 Å². The van der Waals surface area contributed by atoms with Crippen LogP contribution < -0.4 is 4.90 Å². The minimum atomic E-state index is -0.414. The SMILES string of the molecule is COC(=O)c1ccc2[nH]c3c(c2c1)CN(c1ncccc1[N+](=O)[O-])CC3. The van der Waals surface area contributed by atoms with Crippen LogP contribution in [0.15, 0.2) is 36.5 Å². The number of methoxy groups -OCH3 is 1. The van der Waals surface area contributed by atoms with Gasteiger partial charge in [0.05, 0.1) is 17.6 Å². The molecule has 0 bridgehead atoms. The average Bonchev–Trinajstić information content (AvgIpc) is 3.04. The zero-order valence-electron chi connectivity index (χ0n) is 14.1. The number of pyridine rings is 1. The number of benzene rings is 1. The number of nitrogens with one attached hydrogen (secondary N) is 1. The third kappa shape index (κ3) is 2.55. The number of nitro groups is 1. The van der Waals surface area contributed by atoms with Gasteiger partial charge in [0.15, 0.2) is 0 Å². The van der Waals surface area contributed by atoms with Crippen LogP contribution in [-0.4, -0.2) is 34.5 Å². The van der Waals surface area contributed by atoms with E-state index in [0.29, 0.717) is 30.9 Å². The largest absolute Gasteiger partial charge is 0.465 e. The van der Waals surface area contributed by atoms with Gasteiger partial charge in [-0.2, -0.15) is 0 Å². The average molecular weight is 352 g/mol. The molecule has 1 aromatic carbocycles. The summed E-state index contributed by atoms with van der Waals surface area (Å²) in [6.07, 6.45) is 2.27. The first-order valence-corrected chi connectivity index (χ1v) is 8.14. The van der Waals surface area contributed by atoms with Gasteiger partial charge in [-0.25, -0.2) is 9.78 Å². The number of hydrogen-bond donors (Lipinski definition) is 1. The molecule has 0 radical (unpaired) electrons. The molecule has 26 heavy (non-hydrogen) atoms. The third-order valence-electron chi connectivity index (χ3n) is 4.66. The second-order valence-electron chi connectivity index (χ2n) is 6.11. The molecule has 1 N–H and O–H groups in total. The molecule has 1 aliphatic rings. The predicted octanol–water partition coefficient (Wildman–Crippen LogP) is 2.82. The van der Waals surface area contributed by atoms with Gasteiger partial charge < -0.3 is 14.6 Å². The number of carbonyl (C=O) groups is 1. The minimum Gasteiger partial charge on any atom is -0.465 e. The van der Waals surface area contributed by atoms with Gasteiger partial charge in [0.25, 0.3) is 0 Å². The summed E-state index contributed by atoms with van der Waals surface area (Å²) >= 11 is 0. The van der Waals surface area contributed by atoms with Crippen molar-refractivity contribution >= 4 is 28.4 Å². The highest BCUT2D eigenvalue weighted by Crippen LogP contribution is 2.33. The molecule has 0 atom stereocenters. The number of nitrogens with zero attached hydrogens (tertiary/aromatic N) is 3. The third-order valence-corrected chi connectivity index (χ3v) is 4.66. The Balaban J connectivity index is 1.76.